The van der Waals surface area contributed by atoms with Crippen LogP contribution in [-0.4, -0.2) is 15.7 Å². The Balaban J connectivity index is 2.97. The summed E-state index contributed by atoms with van der Waals surface area (Å²) in [6.07, 6.45) is 1.48. The fourth-order valence-corrected chi connectivity index (χ4v) is 1.97. The molecule has 0 aliphatic heterocycles. The summed E-state index contributed by atoms with van der Waals surface area (Å²) in [5.41, 5.74) is 2.48. The SMILES string of the molecule is CCSc1ncnc(NN)c1Br. The molecule has 0 fully saturated rings. The first kappa shape index (κ1) is 9.76. The van der Waals surface area contributed by atoms with Crippen molar-refractivity contribution < 1.29 is 0 Å². The molecule has 0 unspecified atom stereocenters. The van der Waals surface area contributed by atoms with Gasteiger partial charge in [-0.1, -0.05) is 6.92 Å². The fraction of sp³-hybridized carbons (Fsp3) is 0.333. The Kier molecular flexibility index (Phi) is 3.77. The number of nitrogen functional groups attached to an aromatic ring is 1. The van der Waals surface area contributed by atoms with E-state index in [2.05, 4.69) is 38.2 Å². The Labute approximate surface area is 83.5 Å². The Morgan fingerprint density at radius 3 is 3.00 bits per heavy atom. The molecule has 1 aromatic heterocycles. The molecule has 3 N–H and O–H groups in total. The topological polar surface area (TPSA) is 63.8 Å². The molecule has 6 heteroatoms. The van der Waals surface area contributed by atoms with E-state index >= 15 is 0 Å². The number of thioether (sulfide) groups is 1. The molecule has 0 aliphatic rings. The van der Waals surface area contributed by atoms with Crippen molar-refractivity contribution in [2.45, 2.75) is 11.9 Å². The molecule has 0 aliphatic carbocycles. The number of aromatic nitrogens is 2. The van der Waals surface area contributed by atoms with E-state index in [4.69, 9.17) is 5.84 Å². The second-order valence-corrected chi connectivity index (χ2v) is 3.96. The highest BCUT2D eigenvalue weighted by molar-refractivity contribution is 9.10. The average molecular weight is 249 g/mol. The molecule has 0 spiro atoms. The summed E-state index contributed by atoms with van der Waals surface area (Å²) in [5.74, 6) is 6.82. The van der Waals surface area contributed by atoms with Crippen LogP contribution < -0.4 is 11.3 Å². The van der Waals surface area contributed by atoms with Crippen molar-refractivity contribution in [2.75, 3.05) is 11.2 Å². The van der Waals surface area contributed by atoms with Crippen molar-refractivity contribution >= 4 is 33.5 Å². The number of nitrogens with one attached hydrogen (secondary N) is 1. The number of rotatable bonds is 3. The summed E-state index contributed by atoms with van der Waals surface area (Å²) in [6.45, 7) is 2.06. The fourth-order valence-electron chi connectivity index (χ4n) is 0.692. The Bertz CT molecular complexity index is 268. The minimum atomic E-state index is 0.612. The summed E-state index contributed by atoms with van der Waals surface area (Å²) in [5, 5.41) is 0.903. The third kappa shape index (κ3) is 2.09. The van der Waals surface area contributed by atoms with Crippen molar-refractivity contribution in [1.82, 2.24) is 9.97 Å². The number of hydrazine groups is 1. The van der Waals surface area contributed by atoms with E-state index in [1.54, 1.807) is 11.8 Å². The first-order valence-electron chi connectivity index (χ1n) is 3.39. The van der Waals surface area contributed by atoms with Gasteiger partial charge in [0, 0.05) is 0 Å². The molecule has 1 heterocycles. The van der Waals surface area contributed by atoms with E-state index in [9.17, 15) is 0 Å². The molecule has 0 radical (unpaired) electrons. The number of nitrogens with two attached hydrogens (primary N) is 1. The van der Waals surface area contributed by atoms with Crippen LogP contribution in [0.15, 0.2) is 15.8 Å². The predicted octanol–water partition coefficient (Wildman–Crippen LogP) is 1.64. The summed E-state index contributed by atoms with van der Waals surface area (Å²) >= 11 is 4.99. The largest absolute Gasteiger partial charge is 0.307 e. The minimum absolute atomic E-state index is 0.612. The van der Waals surface area contributed by atoms with Gasteiger partial charge in [0.25, 0.3) is 0 Å². The zero-order chi connectivity index (χ0) is 8.97. The van der Waals surface area contributed by atoms with Gasteiger partial charge in [-0.15, -0.1) is 11.8 Å². The summed E-state index contributed by atoms with van der Waals surface area (Å²) in [6, 6.07) is 0. The van der Waals surface area contributed by atoms with Crippen LogP contribution in [-0.2, 0) is 0 Å². The Morgan fingerprint density at radius 2 is 2.42 bits per heavy atom. The van der Waals surface area contributed by atoms with Gasteiger partial charge in [-0.25, -0.2) is 15.8 Å². The lowest BCUT2D eigenvalue weighted by molar-refractivity contribution is 1.02. The van der Waals surface area contributed by atoms with Gasteiger partial charge in [-0.05, 0) is 21.7 Å². The van der Waals surface area contributed by atoms with Crippen LogP contribution in [0.2, 0.25) is 0 Å². The second-order valence-electron chi connectivity index (χ2n) is 1.92. The van der Waals surface area contributed by atoms with E-state index in [1.807, 2.05) is 0 Å². The molecule has 4 nitrogen and oxygen atoms in total. The number of anilines is 1. The normalized spacial score (nSPS) is 9.92. The van der Waals surface area contributed by atoms with Crippen molar-refractivity contribution in [3.05, 3.63) is 10.8 Å². The maximum absolute atomic E-state index is 5.24. The van der Waals surface area contributed by atoms with Crippen molar-refractivity contribution in [1.29, 1.82) is 0 Å². The molecule has 0 saturated carbocycles. The molecular formula is C6H9BrN4S. The summed E-state index contributed by atoms with van der Waals surface area (Å²) in [4.78, 5) is 8.02. The molecule has 1 aromatic rings. The molecule has 1 rings (SSSR count). The molecule has 0 saturated heterocycles. The predicted molar refractivity (Wildman–Crippen MR) is 53.9 cm³/mol. The average Bonchev–Trinajstić information content (AvgIpc) is 2.09. The Morgan fingerprint density at radius 1 is 1.67 bits per heavy atom. The van der Waals surface area contributed by atoms with Crippen LogP contribution >= 0.6 is 27.7 Å². The molecule has 0 amide bonds. The lowest BCUT2D eigenvalue weighted by Crippen LogP contribution is -2.09. The van der Waals surface area contributed by atoms with Crippen LogP contribution in [0.4, 0.5) is 5.82 Å². The lowest BCUT2D eigenvalue weighted by Gasteiger charge is -2.04. The van der Waals surface area contributed by atoms with Crippen molar-refractivity contribution in [2.24, 2.45) is 5.84 Å². The third-order valence-electron chi connectivity index (χ3n) is 1.18. The van der Waals surface area contributed by atoms with Gasteiger partial charge in [0.15, 0.2) is 5.82 Å². The van der Waals surface area contributed by atoms with Gasteiger partial charge in [-0.3, -0.25) is 0 Å². The molecule has 0 aromatic carbocycles. The number of nitrogens with zero attached hydrogens (tertiary/aromatic N) is 2. The monoisotopic (exact) mass is 248 g/mol. The number of halogens is 1. The van der Waals surface area contributed by atoms with E-state index in [-0.39, 0.29) is 0 Å². The van der Waals surface area contributed by atoms with Crippen LogP contribution in [0.25, 0.3) is 0 Å². The maximum Gasteiger partial charge on any atom is 0.158 e. The Hall–Kier alpha value is -0.330. The molecule has 12 heavy (non-hydrogen) atoms. The van der Waals surface area contributed by atoms with Gasteiger partial charge in [0.2, 0.25) is 0 Å². The number of hydrogen-bond donors (Lipinski definition) is 2. The minimum Gasteiger partial charge on any atom is -0.307 e. The van der Waals surface area contributed by atoms with Crippen LogP contribution in [0.3, 0.4) is 0 Å². The van der Waals surface area contributed by atoms with E-state index in [0.717, 1.165) is 15.3 Å². The maximum atomic E-state index is 5.24. The van der Waals surface area contributed by atoms with Crippen LogP contribution in [0.5, 0.6) is 0 Å². The number of hydrogen-bond acceptors (Lipinski definition) is 5. The highest BCUT2D eigenvalue weighted by atomic mass is 79.9. The van der Waals surface area contributed by atoms with Crippen LogP contribution in [0, 0.1) is 0 Å². The first-order valence-corrected chi connectivity index (χ1v) is 5.17. The highest BCUT2D eigenvalue weighted by Crippen LogP contribution is 2.28. The lowest BCUT2D eigenvalue weighted by atomic mass is 10.6. The standard InChI is InChI=1S/C6H9BrN4S/c1-2-12-6-4(7)5(11-8)9-3-10-6/h3H,2,8H2,1H3,(H,9,10,11). The van der Waals surface area contributed by atoms with Crippen LogP contribution in [0.1, 0.15) is 6.92 Å². The first-order chi connectivity index (χ1) is 5.79. The van der Waals surface area contributed by atoms with Gasteiger partial charge >= 0.3 is 0 Å². The van der Waals surface area contributed by atoms with E-state index in [1.165, 1.54) is 6.33 Å². The van der Waals surface area contributed by atoms with Crippen molar-refractivity contribution in [3.63, 3.8) is 0 Å². The van der Waals surface area contributed by atoms with Crippen molar-refractivity contribution in [3.8, 4) is 0 Å². The van der Waals surface area contributed by atoms with E-state index in [0.29, 0.717) is 5.82 Å². The third-order valence-corrected chi connectivity index (χ3v) is 3.06. The van der Waals surface area contributed by atoms with Gasteiger partial charge in [0.1, 0.15) is 11.4 Å². The van der Waals surface area contributed by atoms with Gasteiger partial charge in [0.05, 0.1) is 4.47 Å². The summed E-state index contributed by atoms with van der Waals surface area (Å²) in [7, 11) is 0. The quantitative estimate of drug-likeness (QED) is 0.369. The molecule has 0 atom stereocenters. The van der Waals surface area contributed by atoms with Gasteiger partial charge < -0.3 is 5.43 Å². The van der Waals surface area contributed by atoms with Gasteiger partial charge in [-0.2, -0.15) is 0 Å². The molecule has 0 bridgehead atoms. The molecular weight excluding hydrogens is 240 g/mol. The zero-order valence-corrected chi connectivity index (χ0v) is 8.94. The second kappa shape index (κ2) is 4.64. The zero-order valence-electron chi connectivity index (χ0n) is 6.54. The van der Waals surface area contributed by atoms with E-state index < -0.39 is 0 Å². The smallest absolute Gasteiger partial charge is 0.158 e. The summed E-state index contributed by atoms with van der Waals surface area (Å²) < 4.78 is 0.819. The highest BCUT2D eigenvalue weighted by Gasteiger charge is 2.06. The molecule has 66 valence electrons.